The van der Waals surface area contributed by atoms with E-state index in [0.29, 0.717) is 12.5 Å². The smallest absolute Gasteiger partial charge is 0.317 e. The van der Waals surface area contributed by atoms with Gasteiger partial charge in [-0.2, -0.15) is 0 Å². The van der Waals surface area contributed by atoms with Crippen LogP contribution in [0, 0.1) is 11.8 Å². The lowest BCUT2D eigenvalue weighted by molar-refractivity contribution is 0.120. The molecule has 0 aliphatic carbocycles. The third-order valence-electron chi connectivity index (χ3n) is 5.58. The van der Waals surface area contributed by atoms with Crippen molar-refractivity contribution in [1.82, 2.24) is 20.1 Å². The van der Waals surface area contributed by atoms with Crippen LogP contribution >= 0.6 is 0 Å². The maximum atomic E-state index is 12.4. The SMILES string of the molecule is CC1CCN(C[C@H]2CCCN(C(=O)NCCc3ccccn3)C2)CC1. The molecular formula is C20H32N4O. The molecule has 5 heteroatoms. The fourth-order valence-corrected chi connectivity index (χ4v) is 3.96. The van der Waals surface area contributed by atoms with Gasteiger partial charge in [0.25, 0.3) is 0 Å². The number of hydrogen-bond donors (Lipinski definition) is 1. The van der Waals surface area contributed by atoms with Crippen LogP contribution in [0.2, 0.25) is 0 Å². The Kier molecular flexibility index (Phi) is 6.68. The van der Waals surface area contributed by atoms with E-state index in [4.69, 9.17) is 0 Å². The first-order chi connectivity index (χ1) is 12.2. The first-order valence-corrected chi connectivity index (χ1v) is 9.86. The lowest BCUT2D eigenvalue weighted by Crippen LogP contribution is -2.48. The van der Waals surface area contributed by atoms with Gasteiger partial charge in [0.2, 0.25) is 0 Å². The van der Waals surface area contributed by atoms with Crippen molar-refractivity contribution in [2.24, 2.45) is 11.8 Å². The van der Waals surface area contributed by atoms with Crippen LogP contribution in [0.1, 0.15) is 38.3 Å². The normalized spacial score (nSPS) is 22.8. The van der Waals surface area contributed by atoms with Crippen LogP contribution in [0.3, 0.4) is 0 Å². The van der Waals surface area contributed by atoms with E-state index in [1.807, 2.05) is 23.1 Å². The van der Waals surface area contributed by atoms with Crippen LogP contribution in [0.15, 0.2) is 24.4 Å². The highest BCUT2D eigenvalue weighted by Gasteiger charge is 2.26. The summed E-state index contributed by atoms with van der Waals surface area (Å²) in [5.74, 6) is 1.51. The van der Waals surface area contributed by atoms with E-state index < -0.39 is 0 Å². The topological polar surface area (TPSA) is 48.5 Å². The minimum atomic E-state index is 0.0906. The van der Waals surface area contributed by atoms with Crippen molar-refractivity contribution in [2.45, 2.75) is 39.0 Å². The van der Waals surface area contributed by atoms with Gasteiger partial charge in [-0.3, -0.25) is 4.98 Å². The van der Waals surface area contributed by atoms with E-state index in [1.54, 1.807) is 6.20 Å². The lowest BCUT2D eigenvalue weighted by atomic mass is 9.94. The van der Waals surface area contributed by atoms with Crippen LogP contribution in [-0.2, 0) is 6.42 Å². The molecule has 2 fully saturated rings. The Morgan fingerprint density at radius 1 is 1.24 bits per heavy atom. The van der Waals surface area contributed by atoms with Crippen LogP contribution in [0.5, 0.6) is 0 Å². The van der Waals surface area contributed by atoms with Gasteiger partial charge in [-0.05, 0) is 62.7 Å². The molecule has 3 heterocycles. The summed E-state index contributed by atoms with van der Waals surface area (Å²) < 4.78 is 0. The van der Waals surface area contributed by atoms with E-state index >= 15 is 0 Å². The van der Waals surface area contributed by atoms with Crippen molar-refractivity contribution in [1.29, 1.82) is 0 Å². The van der Waals surface area contributed by atoms with Crippen molar-refractivity contribution >= 4 is 6.03 Å². The van der Waals surface area contributed by atoms with Crippen molar-refractivity contribution in [3.05, 3.63) is 30.1 Å². The number of nitrogens with zero attached hydrogens (tertiary/aromatic N) is 3. The monoisotopic (exact) mass is 344 g/mol. The molecular weight excluding hydrogens is 312 g/mol. The molecule has 0 bridgehead atoms. The quantitative estimate of drug-likeness (QED) is 0.893. The van der Waals surface area contributed by atoms with Crippen molar-refractivity contribution in [2.75, 3.05) is 39.3 Å². The molecule has 3 rings (SSSR count). The van der Waals surface area contributed by atoms with Gasteiger partial charge in [0.05, 0.1) is 0 Å². The molecule has 25 heavy (non-hydrogen) atoms. The summed E-state index contributed by atoms with van der Waals surface area (Å²) in [6.07, 6.45) is 7.62. The van der Waals surface area contributed by atoms with E-state index in [0.717, 1.165) is 44.1 Å². The summed E-state index contributed by atoms with van der Waals surface area (Å²) in [7, 11) is 0. The second-order valence-electron chi connectivity index (χ2n) is 7.74. The number of carbonyl (C=O) groups excluding carboxylic acids is 1. The second-order valence-corrected chi connectivity index (χ2v) is 7.74. The fourth-order valence-electron chi connectivity index (χ4n) is 3.96. The Labute approximate surface area is 151 Å². The number of rotatable bonds is 5. The molecule has 2 aliphatic heterocycles. The number of amides is 2. The van der Waals surface area contributed by atoms with E-state index in [-0.39, 0.29) is 6.03 Å². The molecule has 0 saturated carbocycles. The number of hydrogen-bond acceptors (Lipinski definition) is 3. The molecule has 2 aliphatic rings. The number of carbonyl (C=O) groups is 1. The van der Waals surface area contributed by atoms with E-state index in [9.17, 15) is 4.79 Å². The van der Waals surface area contributed by atoms with Crippen LogP contribution < -0.4 is 5.32 Å². The standard InChI is InChI=1S/C20H32N4O/c1-17-8-13-23(14-9-17)15-18-5-4-12-24(16-18)20(25)22-11-7-19-6-2-3-10-21-19/h2-3,6,10,17-18H,4-5,7-9,11-16H2,1H3,(H,22,25)/t18-/m1/s1. The molecule has 1 aromatic rings. The highest BCUT2D eigenvalue weighted by molar-refractivity contribution is 5.74. The number of piperidine rings is 2. The van der Waals surface area contributed by atoms with Crippen molar-refractivity contribution in [3.63, 3.8) is 0 Å². The Hall–Kier alpha value is -1.62. The van der Waals surface area contributed by atoms with Crippen LogP contribution in [-0.4, -0.2) is 60.1 Å². The molecule has 1 atom stereocenters. The van der Waals surface area contributed by atoms with E-state index in [2.05, 4.69) is 22.1 Å². The van der Waals surface area contributed by atoms with Gasteiger partial charge in [0.15, 0.2) is 0 Å². The molecule has 5 nitrogen and oxygen atoms in total. The van der Waals surface area contributed by atoms with E-state index in [1.165, 1.54) is 32.4 Å². The molecule has 0 aromatic carbocycles. The average Bonchev–Trinajstić information content (AvgIpc) is 2.65. The Balaban J connectivity index is 1.39. The van der Waals surface area contributed by atoms with Gasteiger partial charge < -0.3 is 15.1 Å². The highest BCUT2D eigenvalue weighted by Crippen LogP contribution is 2.21. The Morgan fingerprint density at radius 2 is 2.08 bits per heavy atom. The summed E-state index contributed by atoms with van der Waals surface area (Å²) in [6.45, 7) is 8.42. The number of aromatic nitrogens is 1. The molecule has 1 aromatic heterocycles. The first-order valence-electron chi connectivity index (χ1n) is 9.86. The second kappa shape index (κ2) is 9.18. The molecule has 2 amide bonds. The van der Waals surface area contributed by atoms with Gasteiger partial charge in [-0.15, -0.1) is 0 Å². The van der Waals surface area contributed by atoms with Gasteiger partial charge in [0, 0.05) is 44.5 Å². The highest BCUT2D eigenvalue weighted by atomic mass is 16.2. The molecule has 138 valence electrons. The minimum Gasteiger partial charge on any atom is -0.338 e. The molecule has 0 radical (unpaired) electrons. The Morgan fingerprint density at radius 3 is 2.84 bits per heavy atom. The molecule has 0 unspecified atom stereocenters. The number of likely N-dealkylation sites (tertiary alicyclic amines) is 2. The molecule has 2 saturated heterocycles. The largest absolute Gasteiger partial charge is 0.338 e. The minimum absolute atomic E-state index is 0.0906. The van der Waals surface area contributed by atoms with Gasteiger partial charge >= 0.3 is 6.03 Å². The predicted molar refractivity (Wildman–Crippen MR) is 100 cm³/mol. The average molecular weight is 345 g/mol. The van der Waals surface area contributed by atoms with Crippen LogP contribution in [0.4, 0.5) is 4.79 Å². The maximum Gasteiger partial charge on any atom is 0.317 e. The summed E-state index contributed by atoms with van der Waals surface area (Å²) in [6, 6.07) is 6.00. The van der Waals surface area contributed by atoms with Crippen molar-refractivity contribution < 1.29 is 4.79 Å². The molecule has 1 N–H and O–H groups in total. The first kappa shape index (κ1) is 18.2. The third kappa shape index (κ3) is 5.70. The summed E-state index contributed by atoms with van der Waals surface area (Å²) in [4.78, 5) is 21.4. The number of pyridine rings is 1. The van der Waals surface area contributed by atoms with Crippen molar-refractivity contribution in [3.8, 4) is 0 Å². The Bertz CT molecular complexity index is 528. The number of nitrogens with one attached hydrogen (secondary N) is 1. The summed E-state index contributed by atoms with van der Waals surface area (Å²) >= 11 is 0. The predicted octanol–water partition coefficient (Wildman–Crippen LogP) is 2.78. The maximum absolute atomic E-state index is 12.4. The fraction of sp³-hybridized carbons (Fsp3) is 0.700. The third-order valence-corrected chi connectivity index (χ3v) is 5.58. The number of urea groups is 1. The van der Waals surface area contributed by atoms with Crippen LogP contribution in [0.25, 0.3) is 0 Å². The zero-order valence-corrected chi connectivity index (χ0v) is 15.5. The summed E-state index contributed by atoms with van der Waals surface area (Å²) in [5.41, 5.74) is 1.03. The van der Waals surface area contributed by atoms with Gasteiger partial charge in [-0.25, -0.2) is 4.79 Å². The zero-order valence-electron chi connectivity index (χ0n) is 15.5. The van der Waals surface area contributed by atoms with Gasteiger partial charge in [-0.1, -0.05) is 13.0 Å². The molecule has 0 spiro atoms. The summed E-state index contributed by atoms with van der Waals surface area (Å²) in [5, 5.41) is 3.06. The lowest BCUT2D eigenvalue weighted by Gasteiger charge is -2.37. The van der Waals surface area contributed by atoms with Gasteiger partial charge in [0.1, 0.15) is 0 Å². The zero-order chi connectivity index (χ0) is 17.5.